The molecule has 19 heavy (non-hydrogen) atoms. The number of nitrogens with one attached hydrogen (secondary N) is 2. The van der Waals surface area contributed by atoms with Gasteiger partial charge in [-0.1, -0.05) is 6.07 Å². The summed E-state index contributed by atoms with van der Waals surface area (Å²) >= 11 is 1.54. The van der Waals surface area contributed by atoms with Crippen molar-refractivity contribution < 1.29 is 8.42 Å². The molecule has 0 saturated carbocycles. The highest BCUT2D eigenvalue weighted by Gasteiger charge is 2.18. The molecule has 0 spiro atoms. The van der Waals surface area contributed by atoms with Crippen LogP contribution >= 0.6 is 11.3 Å². The van der Waals surface area contributed by atoms with E-state index >= 15 is 0 Å². The van der Waals surface area contributed by atoms with Crippen molar-refractivity contribution in [3.05, 3.63) is 46.2 Å². The van der Waals surface area contributed by atoms with Crippen molar-refractivity contribution in [3.8, 4) is 0 Å². The fourth-order valence-corrected chi connectivity index (χ4v) is 3.90. The molecule has 4 nitrogen and oxygen atoms in total. The van der Waals surface area contributed by atoms with E-state index in [9.17, 15) is 8.42 Å². The number of sulfonamides is 1. The number of benzene rings is 1. The number of anilines is 1. The minimum absolute atomic E-state index is 0.339. The average Bonchev–Trinajstić information content (AvgIpc) is 3.06. The minimum atomic E-state index is -3.43. The topological polar surface area (TPSA) is 58.2 Å². The van der Waals surface area contributed by atoms with Crippen molar-refractivity contribution in [2.75, 3.05) is 11.9 Å². The van der Waals surface area contributed by atoms with E-state index in [2.05, 4.69) is 10.0 Å². The van der Waals surface area contributed by atoms with Crippen molar-refractivity contribution in [1.29, 1.82) is 0 Å². The van der Waals surface area contributed by atoms with E-state index in [1.165, 1.54) is 0 Å². The summed E-state index contributed by atoms with van der Waals surface area (Å²) in [6.07, 6.45) is 0.879. The Morgan fingerprint density at radius 3 is 3.00 bits per heavy atom. The zero-order chi connectivity index (χ0) is 13.3. The van der Waals surface area contributed by atoms with Gasteiger partial charge in [0.05, 0.1) is 4.90 Å². The molecule has 0 amide bonds. The highest BCUT2D eigenvalue weighted by atomic mass is 32.2. The third kappa shape index (κ3) is 2.65. The Balaban J connectivity index is 1.80. The number of fused-ring (bicyclic) bond motifs is 1. The van der Waals surface area contributed by atoms with Crippen molar-refractivity contribution in [2.24, 2.45) is 0 Å². The van der Waals surface area contributed by atoms with E-state index < -0.39 is 10.0 Å². The van der Waals surface area contributed by atoms with Gasteiger partial charge < -0.3 is 5.32 Å². The second-order valence-corrected chi connectivity index (χ2v) is 7.20. The summed E-state index contributed by atoms with van der Waals surface area (Å²) in [6.45, 7) is 1.22. The van der Waals surface area contributed by atoms with E-state index in [1.54, 1.807) is 23.5 Å². The van der Waals surface area contributed by atoms with Crippen LogP contribution in [0.5, 0.6) is 0 Å². The zero-order valence-electron chi connectivity index (χ0n) is 10.2. The maximum absolute atomic E-state index is 12.2. The minimum Gasteiger partial charge on any atom is -0.384 e. The van der Waals surface area contributed by atoms with Crippen LogP contribution in [0.25, 0.3) is 0 Å². The standard InChI is InChI=1S/C13H14N2O2S2/c16-19(17,15-9-11-2-1-7-18-11)12-3-4-13-10(8-12)5-6-14-13/h1-4,7-8,14-15H,5-6,9H2. The van der Waals surface area contributed by atoms with Gasteiger partial charge >= 0.3 is 0 Å². The SMILES string of the molecule is O=S(=O)(NCc1cccs1)c1ccc2c(c1)CCN2. The Bertz CT molecular complexity index is 679. The molecule has 2 aromatic rings. The highest BCUT2D eigenvalue weighted by molar-refractivity contribution is 7.89. The molecular formula is C13H14N2O2S2. The lowest BCUT2D eigenvalue weighted by molar-refractivity contribution is 0.581. The molecule has 2 heterocycles. The molecule has 0 radical (unpaired) electrons. The third-order valence-electron chi connectivity index (χ3n) is 3.11. The van der Waals surface area contributed by atoms with Crippen LogP contribution < -0.4 is 10.0 Å². The fraction of sp³-hybridized carbons (Fsp3) is 0.231. The van der Waals surface area contributed by atoms with Crippen LogP contribution in [0.15, 0.2) is 40.6 Å². The predicted molar refractivity (Wildman–Crippen MR) is 77.0 cm³/mol. The molecule has 3 rings (SSSR count). The van der Waals surface area contributed by atoms with E-state index in [1.807, 2.05) is 23.6 Å². The molecule has 100 valence electrons. The van der Waals surface area contributed by atoms with Crippen molar-refractivity contribution in [3.63, 3.8) is 0 Å². The van der Waals surface area contributed by atoms with E-state index in [0.29, 0.717) is 11.4 Å². The molecule has 1 aromatic carbocycles. The summed E-state index contributed by atoms with van der Waals surface area (Å²) in [5.74, 6) is 0. The number of hydrogen-bond donors (Lipinski definition) is 2. The molecule has 0 saturated heterocycles. The second kappa shape index (κ2) is 4.96. The van der Waals surface area contributed by atoms with Gasteiger partial charge in [0, 0.05) is 23.7 Å². The van der Waals surface area contributed by atoms with Crippen molar-refractivity contribution in [2.45, 2.75) is 17.9 Å². The maximum Gasteiger partial charge on any atom is 0.240 e. The Labute approximate surface area is 116 Å². The van der Waals surface area contributed by atoms with Crippen LogP contribution in [0.2, 0.25) is 0 Å². The monoisotopic (exact) mass is 294 g/mol. The van der Waals surface area contributed by atoms with Gasteiger partial charge in [-0.3, -0.25) is 0 Å². The van der Waals surface area contributed by atoms with Gasteiger partial charge in [-0.25, -0.2) is 13.1 Å². The molecule has 0 aliphatic carbocycles. The molecule has 0 fully saturated rings. The van der Waals surface area contributed by atoms with Gasteiger partial charge in [0.15, 0.2) is 0 Å². The average molecular weight is 294 g/mol. The predicted octanol–water partition coefficient (Wildman–Crippen LogP) is 2.19. The van der Waals surface area contributed by atoms with Crippen LogP contribution in [0.1, 0.15) is 10.4 Å². The second-order valence-electron chi connectivity index (χ2n) is 4.40. The third-order valence-corrected chi connectivity index (χ3v) is 5.39. The van der Waals surface area contributed by atoms with Crippen LogP contribution in [0.4, 0.5) is 5.69 Å². The number of rotatable bonds is 4. The first-order chi connectivity index (χ1) is 9.15. The quantitative estimate of drug-likeness (QED) is 0.909. The Morgan fingerprint density at radius 1 is 1.32 bits per heavy atom. The summed E-state index contributed by atoms with van der Waals surface area (Å²) in [7, 11) is -3.43. The number of hydrogen-bond acceptors (Lipinski definition) is 4. The molecule has 1 aliphatic heterocycles. The van der Waals surface area contributed by atoms with Gasteiger partial charge in [-0.05, 0) is 41.6 Å². The molecular weight excluding hydrogens is 280 g/mol. The van der Waals surface area contributed by atoms with Gasteiger partial charge in [0.2, 0.25) is 10.0 Å². The maximum atomic E-state index is 12.2. The summed E-state index contributed by atoms with van der Waals surface area (Å²) in [6, 6.07) is 9.07. The lowest BCUT2D eigenvalue weighted by Gasteiger charge is -2.07. The van der Waals surface area contributed by atoms with Gasteiger partial charge in [-0.2, -0.15) is 0 Å². The largest absolute Gasteiger partial charge is 0.384 e. The first-order valence-electron chi connectivity index (χ1n) is 6.04. The van der Waals surface area contributed by atoms with Crippen LogP contribution in [-0.4, -0.2) is 15.0 Å². The highest BCUT2D eigenvalue weighted by Crippen LogP contribution is 2.25. The first-order valence-corrected chi connectivity index (χ1v) is 8.40. The lowest BCUT2D eigenvalue weighted by Crippen LogP contribution is -2.22. The van der Waals surface area contributed by atoms with Gasteiger partial charge in [0.1, 0.15) is 0 Å². The zero-order valence-corrected chi connectivity index (χ0v) is 11.9. The molecule has 0 bridgehead atoms. The lowest BCUT2D eigenvalue weighted by atomic mass is 10.2. The first kappa shape index (κ1) is 12.7. The Kier molecular flexibility index (Phi) is 3.30. The molecule has 1 aliphatic rings. The van der Waals surface area contributed by atoms with E-state index in [-0.39, 0.29) is 0 Å². The van der Waals surface area contributed by atoms with Crippen molar-refractivity contribution >= 4 is 27.0 Å². The smallest absolute Gasteiger partial charge is 0.240 e. The summed E-state index contributed by atoms with van der Waals surface area (Å²) in [4.78, 5) is 1.35. The van der Waals surface area contributed by atoms with Gasteiger partial charge in [0.25, 0.3) is 0 Å². The number of thiophene rings is 1. The molecule has 2 N–H and O–H groups in total. The van der Waals surface area contributed by atoms with Crippen LogP contribution in [-0.2, 0) is 23.0 Å². The van der Waals surface area contributed by atoms with E-state index in [4.69, 9.17) is 0 Å². The summed E-state index contributed by atoms with van der Waals surface area (Å²) < 4.78 is 27.0. The molecule has 6 heteroatoms. The summed E-state index contributed by atoms with van der Waals surface area (Å²) in [5, 5.41) is 5.15. The Hall–Kier alpha value is -1.37. The normalized spacial score (nSPS) is 14.1. The van der Waals surface area contributed by atoms with E-state index in [0.717, 1.165) is 29.1 Å². The fourth-order valence-electron chi connectivity index (χ4n) is 2.11. The Morgan fingerprint density at radius 2 is 2.21 bits per heavy atom. The molecule has 1 aromatic heterocycles. The molecule has 0 atom stereocenters. The summed E-state index contributed by atoms with van der Waals surface area (Å²) in [5.41, 5.74) is 2.11. The molecule has 0 unspecified atom stereocenters. The van der Waals surface area contributed by atoms with Crippen molar-refractivity contribution in [1.82, 2.24) is 4.72 Å². The van der Waals surface area contributed by atoms with Crippen LogP contribution in [0.3, 0.4) is 0 Å². The van der Waals surface area contributed by atoms with Gasteiger partial charge in [-0.15, -0.1) is 11.3 Å². The van der Waals surface area contributed by atoms with Crippen LogP contribution in [0, 0.1) is 0 Å².